The van der Waals surface area contributed by atoms with Gasteiger partial charge < -0.3 is 14.2 Å². The van der Waals surface area contributed by atoms with Crippen molar-refractivity contribution < 1.29 is 9.26 Å². The molecule has 0 aliphatic carbocycles. The zero-order chi connectivity index (χ0) is 17.6. The maximum atomic E-state index is 5.25. The summed E-state index contributed by atoms with van der Waals surface area (Å²) in [6.07, 6.45) is 5.25. The van der Waals surface area contributed by atoms with Crippen molar-refractivity contribution in [1.82, 2.24) is 15.1 Å². The molecule has 0 spiro atoms. The quantitative estimate of drug-likeness (QED) is 0.636. The monoisotopic (exact) mass is 341 g/mol. The molecule has 0 fully saturated rings. The smallest absolute Gasteiger partial charge is 0.227 e. The molecular formula is C16H19N7O2. The van der Waals surface area contributed by atoms with Gasteiger partial charge >= 0.3 is 0 Å². The van der Waals surface area contributed by atoms with Crippen LogP contribution in [0.1, 0.15) is 18.4 Å². The van der Waals surface area contributed by atoms with Gasteiger partial charge in [-0.3, -0.25) is 0 Å². The van der Waals surface area contributed by atoms with Gasteiger partial charge in [-0.2, -0.15) is 4.98 Å². The van der Waals surface area contributed by atoms with Gasteiger partial charge in [0, 0.05) is 25.4 Å². The first kappa shape index (κ1) is 16.6. The van der Waals surface area contributed by atoms with Gasteiger partial charge in [0.2, 0.25) is 5.95 Å². The summed E-state index contributed by atoms with van der Waals surface area (Å²) in [6.45, 7) is 4.73. The first-order valence-corrected chi connectivity index (χ1v) is 7.72. The molecule has 3 heterocycles. The zero-order valence-electron chi connectivity index (χ0n) is 14.3. The predicted molar refractivity (Wildman–Crippen MR) is 91.6 cm³/mol. The molecule has 0 aromatic carbocycles. The molecule has 0 atom stereocenters. The van der Waals surface area contributed by atoms with E-state index in [0.29, 0.717) is 24.9 Å². The molecule has 0 saturated carbocycles. The Kier molecular flexibility index (Phi) is 5.03. The molecule has 130 valence electrons. The van der Waals surface area contributed by atoms with Crippen molar-refractivity contribution in [2.75, 3.05) is 24.0 Å². The van der Waals surface area contributed by atoms with Crippen LogP contribution in [0.3, 0.4) is 0 Å². The van der Waals surface area contributed by atoms with Crippen LogP contribution in [0, 0.1) is 6.92 Å². The summed E-state index contributed by atoms with van der Waals surface area (Å²) in [4.78, 5) is 10.5. The molecular weight excluding hydrogens is 322 g/mol. The fraction of sp³-hybridized carbons (Fsp3) is 0.312. The van der Waals surface area contributed by atoms with Crippen LogP contribution in [-0.4, -0.2) is 28.8 Å². The van der Waals surface area contributed by atoms with E-state index in [1.165, 1.54) is 0 Å². The molecule has 0 radical (unpaired) electrons. The summed E-state index contributed by atoms with van der Waals surface area (Å²) in [5.41, 5.74) is 5.37. The number of allylic oxidation sites excluding steroid dienone is 2. The highest BCUT2D eigenvalue weighted by atomic mass is 16.5. The van der Waals surface area contributed by atoms with E-state index in [2.05, 4.69) is 30.9 Å². The number of aryl methyl sites for hydroxylation is 1. The van der Waals surface area contributed by atoms with Crippen LogP contribution in [0.2, 0.25) is 0 Å². The Bertz CT molecular complexity index is 825. The number of hydrogen-bond acceptors (Lipinski definition) is 8. The molecule has 3 rings (SSSR count). The molecule has 0 bridgehead atoms. The summed E-state index contributed by atoms with van der Waals surface area (Å²) in [7, 11) is 1.87. The Morgan fingerprint density at radius 1 is 1.36 bits per heavy atom. The summed E-state index contributed by atoms with van der Waals surface area (Å²) in [5, 5.41) is 11.9. The van der Waals surface area contributed by atoms with E-state index in [4.69, 9.17) is 9.26 Å². The fourth-order valence-electron chi connectivity index (χ4n) is 2.19. The van der Waals surface area contributed by atoms with E-state index < -0.39 is 0 Å². The Morgan fingerprint density at radius 3 is 3.00 bits per heavy atom. The molecule has 0 saturated heterocycles. The highest BCUT2D eigenvalue weighted by Gasteiger charge is 2.09. The molecule has 25 heavy (non-hydrogen) atoms. The Balaban J connectivity index is 1.62. The normalized spacial score (nSPS) is 14.0. The topological polar surface area (TPSA) is 101 Å². The van der Waals surface area contributed by atoms with Crippen molar-refractivity contribution in [2.45, 2.75) is 20.4 Å². The lowest BCUT2D eigenvalue weighted by molar-refractivity contribution is 0.270. The van der Waals surface area contributed by atoms with Gasteiger partial charge in [-0.1, -0.05) is 10.4 Å². The highest BCUT2D eigenvalue weighted by molar-refractivity contribution is 5.40. The van der Waals surface area contributed by atoms with Gasteiger partial charge in [0.05, 0.1) is 18.5 Å². The van der Waals surface area contributed by atoms with E-state index in [9.17, 15) is 0 Å². The molecule has 1 N–H and O–H groups in total. The second-order valence-electron chi connectivity index (χ2n) is 5.65. The van der Waals surface area contributed by atoms with Gasteiger partial charge in [0.25, 0.3) is 0 Å². The second kappa shape index (κ2) is 7.56. The second-order valence-corrected chi connectivity index (χ2v) is 5.65. The van der Waals surface area contributed by atoms with Gasteiger partial charge in [-0.15, -0.1) is 5.11 Å². The van der Waals surface area contributed by atoms with Crippen molar-refractivity contribution in [2.24, 2.45) is 10.3 Å². The average Bonchev–Trinajstić information content (AvgIpc) is 3.00. The lowest BCUT2D eigenvalue weighted by Gasteiger charge is -2.15. The number of rotatable bonds is 6. The maximum Gasteiger partial charge on any atom is 0.227 e. The minimum Gasteiger partial charge on any atom is -0.495 e. The minimum absolute atomic E-state index is 0.400. The highest BCUT2D eigenvalue weighted by Crippen LogP contribution is 2.14. The van der Waals surface area contributed by atoms with Crippen molar-refractivity contribution in [3.63, 3.8) is 0 Å². The SMILES string of the molecule is CC1=COCC(N=NNc2ccnc(N(C)Cc3cc(C)no3)n2)=C1. The molecule has 2 aromatic rings. The number of ether oxygens (including phenoxy) is 1. The van der Waals surface area contributed by atoms with Gasteiger partial charge in [0.15, 0.2) is 11.6 Å². The minimum atomic E-state index is 0.400. The number of aromatic nitrogens is 3. The van der Waals surface area contributed by atoms with E-state index in [-0.39, 0.29) is 0 Å². The Hall–Kier alpha value is -3.23. The van der Waals surface area contributed by atoms with Gasteiger partial charge in [-0.25, -0.2) is 10.4 Å². The fourth-order valence-corrected chi connectivity index (χ4v) is 2.19. The summed E-state index contributed by atoms with van der Waals surface area (Å²) in [5.74, 6) is 1.82. The molecule has 9 nitrogen and oxygen atoms in total. The van der Waals surface area contributed by atoms with Crippen LogP contribution in [-0.2, 0) is 11.3 Å². The maximum absolute atomic E-state index is 5.25. The number of anilines is 2. The third-order valence-corrected chi connectivity index (χ3v) is 3.29. The lowest BCUT2D eigenvalue weighted by Crippen LogP contribution is -2.19. The van der Waals surface area contributed by atoms with Crippen LogP contribution in [0.5, 0.6) is 0 Å². The zero-order valence-corrected chi connectivity index (χ0v) is 14.3. The standard InChI is InChI=1S/C16H19N7O2/c1-11-6-13(10-24-9-11)19-22-20-15-4-5-17-16(18-15)23(3)8-14-7-12(2)21-25-14/h4-7,9H,8,10H2,1-3H3,(H,17,18,19,20). The van der Waals surface area contributed by atoms with Crippen LogP contribution in [0.25, 0.3) is 0 Å². The number of nitrogens with zero attached hydrogens (tertiary/aromatic N) is 6. The van der Waals surface area contributed by atoms with Gasteiger partial charge in [0.1, 0.15) is 12.3 Å². The molecule has 1 aliphatic rings. The molecule has 1 aliphatic heterocycles. The summed E-state index contributed by atoms with van der Waals surface area (Å²) >= 11 is 0. The summed E-state index contributed by atoms with van der Waals surface area (Å²) < 4.78 is 10.5. The van der Waals surface area contributed by atoms with Crippen LogP contribution in [0.4, 0.5) is 11.8 Å². The molecule has 0 amide bonds. The third-order valence-electron chi connectivity index (χ3n) is 3.29. The first-order chi connectivity index (χ1) is 12.1. The molecule has 2 aromatic heterocycles. The Morgan fingerprint density at radius 2 is 2.24 bits per heavy atom. The number of hydrogen-bond donors (Lipinski definition) is 1. The van der Waals surface area contributed by atoms with Gasteiger partial charge in [-0.05, 0) is 25.5 Å². The molecule has 0 unspecified atom stereocenters. The Labute approximate surface area is 145 Å². The van der Waals surface area contributed by atoms with Crippen LogP contribution >= 0.6 is 0 Å². The van der Waals surface area contributed by atoms with E-state index in [1.807, 2.05) is 37.9 Å². The molecule has 9 heteroatoms. The largest absolute Gasteiger partial charge is 0.495 e. The first-order valence-electron chi connectivity index (χ1n) is 7.72. The predicted octanol–water partition coefficient (Wildman–Crippen LogP) is 3.01. The van der Waals surface area contributed by atoms with Crippen molar-refractivity contribution in [1.29, 1.82) is 0 Å². The summed E-state index contributed by atoms with van der Waals surface area (Å²) in [6, 6.07) is 3.59. The van der Waals surface area contributed by atoms with E-state index in [1.54, 1.807) is 18.5 Å². The average molecular weight is 341 g/mol. The number of nitrogens with one attached hydrogen (secondary N) is 1. The van der Waals surface area contributed by atoms with Crippen molar-refractivity contribution >= 4 is 11.8 Å². The third kappa shape index (κ3) is 4.63. The van der Waals surface area contributed by atoms with E-state index >= 15 is 0 Å². The van der Waals surface area contributed by atoms with Crippen molar-refractivity contribution in [3.05, 3.63) is 53.4 Å². The lowest BCUT2D eigenvalue weighted by atomic mass is 10.2. The van der Waals surface area contributed by atoms with E-state index in [0.717, 1.165) is 22.7 Å². The van der Waals surface area contributed by atoms with Crippen molar-refractivity contribution in [3.8, 4) is 0 Å². The van der Waals surface area contributed by atoms with Crippen LogP contribution in [0.15, 0.2) is 56.8 Å². The van der Waals surface area contributed by atoms with Crippen LogP contribution < -0.4 is 10.3 Å².